The van der Waals surface area contributed by atoms with Crippen LogP contribution >= 0.6 is 0 Å². The molecule has 0 bridgehead atoms. The highest BCUT2D eigenvalue weighted by atomic mass is 16.6. The smallest absolute Gasteiger partial charge is 0.316 e. The molecular weight excluding hydrogens is 426 g/mol. The molecule has 5 rings (SSSR count). The lowest BCUT2D eigenvalue weighted by atomic mass is 10.1. The Morgan fingerprint density at radius 3 is 2.79 bits per heavy atom. The number of hydrogen-bond donors (Lipinski definition) is 0. The summed E-state index contributed by atoms with van der Waals surface area (Å²) in [5.41, 5.74) is 1.52. The second kappa shape index (κ2) is 8.71. The highest BCUT2D eigenvalue weighted by molar-refractivity contribution is 5.92. The summed E-state index contributed by atoms with van der Waals surface area (Å²) in [6, 6.07) is 1.86. The Bertz CT molecular complexity index is 1160. The van der Waals surface area contributed by atoms with E-state index in [9.17, 15) is 10.1 Å². The molecule has 2 aliphatic heterocycles. The lowest BCUT2D eigenvalue weighted by molar-refractivity contribution is -0.384. The first-order chi connectivity index (χ1) is 15.9. The summed E-state index contributed by atoms with van der Waals surface area (Å²) < 4.78 is 14.7. The third-order valence-electron chi connectivity index (χ3n) is 6.24. The van der Waals surface area contributed by atoms with Crippen molar-refractivity contribution < 1.29 is 14.4 Å². The molecule has 0 aromatic carbocycles. The maximum Gasteiger partial charge on any atom is 0.316 e. The van der Waals surface area contributed by atoms with E-state index in [0.29, 0.717) is 18.2 Å². The number of ether oxygens (including phenoxy) is 2. The van der Waals surface area contributed by atoms with Gasteiger partial charge >= 0.3 is 5.69 Å². The van der Waals surface area contributed by atoms with Crippen molar-refractivity contribution in [2.45, 2.75) is 52.0 Å². The molecule has 11 nitrogen and oxygen atoms in total. The van der Waals surface area contributed by atoms with Crippen molar-refractivity contribution in [2.24, 2.45) is 5.92 Å². The standard InChI is InChI=1S/C22H29N7O4/c1-14(2)10-27-18-8-17(23-9-16(18)22(25-27)26-11-15(12-26)32-3)21-19(29(30)31)13-28(24-21)20-6-4-5-7-33-20/h8-9,13-15,20H,4-7,10-12H2,1-3H3. The van der Waals surface area contributed by atoms with Crippen molar-refractivity contribution in [3.8, 4) is 11.4 Å². The van der Waals surface area contributed by atoms with Crippen molar-refractivity contribution in [3.63, 3.8) is 0 Å². The third-order valence-corrected chi connectivity index (χ3v) is 6.24. The average Bonchev–Trinajstić information content (AvgIpc) is 3.36. The molecule has 2 saturated heterocycles. The largest absolute Gasteiger partial charge is 0.378 e. The van der Waals surface area contributed by atoms with E-state index < -0.39 is 4.92 Å². The normalized spacial score (nSPS) is 19.4. The first-order valence-electron chi connectivity index (χ1n) is 11.4. The molecule has 176 valence electrons. The third kappa shape index (κ3) is 4.06. The molecule has 0 N–H and O–H groups in total. The van der Waals surface area contributed by atoms with Gasteiger partial charge in [-0.05, 0) is 31.2 Å². The van der Waals surface area contributed by atoms with Gasteiger partial charge in [0.1, 0.15) is 12.4 Å². The zero-order valence-electron chi connectivity index (χ0n) is 19.2. The molecular formula is C22H29N7O4. The van der Waals surface area contributed by atoms with Crippen LogP contribution in [0.1, 0.15) is 39.3 Å². The maximum atomic E-state index is 11.8. The second-order valence-electron chi connectivity index (χ2n) is 9.17. The highest BCUT2D eigenvalue weighted by Gasteiger charge is 2.31. The molecule has 33 heavy (non-hydrogen) atoms. The Labute approximate surface area is 191 Å². The summed E-state index contributed by atoms with van der Waals surface area (Å²) in [6.45, 7) is 7.20. The molecule has 0 radical (unpaired) electrons. The fraction of sp³-hybridized carbons (Fsp3) is 0.591. The van der Waals surface area contributed by atoms with E-state index in [1.165, 1.54) is 6.20 Å². The van der Waals surface area contributed by atoms with Crippen molar-refractivity contribution >= 4 is 22.4 Å². The van der Waals surface area contributed by atoms with Gasteiger partial charge in [-0.25, -0.2) is 4.68 Å². The summed E-state index contributed by atoms with van der Waals surface area (Å²) in [4.78, 5) is 18.2. The molecule has 3 aromatic heterocycles. The second-order valence-corrected chi connectivity index (χ2v) is 9.17. The Hall–Kier alpha value is -3.05. The molecule has 0 aliphatic carbocycles. The Kier molecular flexibility index (Phi) is 5.75. The van der Waals surface area contributed by atoms with Gasteiger partial charge in [0, 0.05) is 39.5 Å². The lowest BCUT2D eigenvalue weighted by Gasteiger charge is -2.38. The number of nitrogens with zero attached hydrogens (tertiary/aromatic N) is 7. The van der Waals surface area contributed by atoms with E-state index in [4.69, 9.17) is 14.6 Å². The van der Waals surface area contributed by atoms with Crippen LogP contribution in [0.5, 0.6) is 0 Å². The molecule has 11 heteroatoms. The number of methoxy groups -OCH3 is 1. The number of nitro groups is 1. The van der Waals surface area contributed by atoms with Gasteiger partial charge in [0.25, 0.3) is 0 Å². The van der Waals surface area contributed by atoms with Crippen LogP contribution in [0, 0.1) is 16.0 Å². The van der Waals surface area contributed by atoms with E-state index in [-0.39, 0.29) is 23.7 Å². The quantitative estimate of drug-likeness (QED) is 0.393. The van der Waals surface area contributed by atoms with E-state index in [1.54, 1.807) is 18.0 Å². The number of aromatic nitrogens is 5. The van der Waals surface area contributed by atoms with Crippen molar-refractivity contribution in [1.82, 2.24) is 24.5 Å². The topological polar surface area (TPSA) is 113 Å². The number of anilines is 1. The summed E-state index contributed by atoms with van der Waals surface area (Å²) in [7, 11) is 1.72. The van der Waals surface area contributed by atoms with Gasteiger partial charge in [-0.1, -0.05) is 13.8 Å². The van der Waals surface area contributed by atoms with Gasteiger partial charge in [0.05, 0.1) is 27.6 Å². The Balaban J connectivity index is 1.56. The van der Waals surface area contributed by atoms with E-state index >= 15 is 0 Å². The van der Waals surface area contributed by atoms with Crippen molar-refractivity contribution in [1.29, 1.82) is 0 Å². The lowest BCUT2D eigenvalue weighted by Crippen LogP contribution is -2.52. The summed E-state index contributed by atoms with van der Waals surface area (Å²) >= 11 is 0. The first-order valence-corrected chi connectivity index (χ1v) is 11.4. The van der Waals surface area contributed by atoms with Crippen molar-refractivity contribution in [2.75, 3.05) is 31.7 Å². The van der Waals surface area contributed by atoms with E-state index in [1.807, 2.05) is 10.7 Å². The van der Waals surface area contributed by atoms with Crippen LogP contribution in [-0.2, 0) is 16.0 Å². The molecule has 3 aromatic rings. The Morgan fingerprint density at radius 2 is 2.12 bits per heavy atom. The predicted octanol–water partition coefficient (Wildman–Crippen LogP) is 3.39. The number of hydrogen-bond acceptors (Lipinski definition) is 8. The molecule has 2 aliphatic rings. The highest BCUT2D eigenvalue weighted by Crippen LogP contribution is 2.35. The van der Waals surface area contributed by atoms with E-state index in [2.05, 4.69) is 28.8 Å². The SMILES string of the molecule is COC1CN(c2nn(CC(C)C)c3cc(-c4nn(C5CCCCO5)cc4[N+](=O)[O-])ncc23)C1. The van der Waals surface area contributed by atoms with Crippen LogP contribution in [-0.4, -0.2) is 62.4 Å². The van der Waals surface area contributed by atoms with Gasteiger partial charge in [0.15, 0.2) is 11.5 Å². The van der Waals surface area contributed by atoms with Gasteiger partial charge < -0.3 is 14.4 Å². The Morgan fingerprint density at radius 1 is 1.30 bits per heavy atom. The van der Waals surface area contributed by atoms with Crippen LogP contribution in [0.4, 0.5) is 11.5 Å². The first kappa shape index (κ1) is 21.8. The van der Waals surface area contributed by atoms with Crippen molar-refractivity contribution in [3.05, 3.63) is 28.6 Å². The molecule has 2 fully saturated rings. The maximum absolute atomic E-state index is 11.8. The fourth-order valence-corrected chi connectivity index (χ4v) is 4.44. The minimum atomic E-state index is -0.407. The van der Waals surface area contributed by atoms with Crippen LogP contribution in [0.25, 0.3) is 22.3 Å². The minimum Gasteiger partial charge on any atom is -0.378 e. The zero-order chi connectivity index (χ0) is 23.1. The van der Waals surface area contributed by atoms with E-state index in [0.717, 1.165) is 55.6 Å². The van der Waals surface area contributed by atoms with Crippen LogP contribution in [0.3, 0.4) is 0 Å². The molecule has 0 saturated carbocycles. The predicted molar refractivity (Wildman–Crippen MR) is 122 cm³/mol. The number of pyridine rings is 1. The summed E-state index contributed by atoms with van der Waals surface area (Å²) in [5, 5.41) is 22.1. The molecule has 1 atom stereocenters. The van der Waals surface area contributed by atoms with Crippen LogP contribution in [0.2, 0.25) is 0 Å². The summed E-state index contributed by atoms with van der Waals surface area (Å²) in [5.74, 6) is 1.26. The molecule has 0 amide bonds. The van der Waals surface area contributed by atoms with Crippen LogP contribution < -0.4 is 4.90 Å². The number of fused-ring (bicyclic) bond motifs is 1. The minimum absolute atomic E-state index is 0.0724. The van der Waals surface area contributed by atoms with Gasteiger partial charge in [-0.2, -0.15) is 10.2 Å². The van der Waals surface area contributed by atoms with Gasteiger partial charge in [-0.3, -0.25) is 19.8 Å². The van der Waals surface area contributed by atoms with Gasteiger partial charge in [0.2, 0.25) is 0 Å². The monoisotopic (exact) mass is 455 g/mol. The molecule has 1 unspecified atom stereocenters. The zero-order valence-corrected chi connectivity index (χ0v) is 19.2. The average molecular weight is 456 g/mol. The molecule has 0 spiro atoms. The number of rotatable bonds is 7. The molecule has 5 heterocycles. The van der Waals surface area contributed by atoms with Gasteiger partial charge in [-0.15, -0.1) is 0 Å². The van der Waals surface area contributed by atoms with Crippen LogP contribution in [0.15, 0.2) is 18.5 Å². The summed E-state index contributed by atoms with van der Waals surface area (Å²) in [6.07, 6.45) is 5.92. The fourth-order valence-electron chi connectivity index (χ4n) is 4.44.